The molecule has 0 saturated heterocycles. The van der Waals surface area contributed by atoms with E-state index < -0.39 is 10.0 Å². The van der Waals surface area contributed by atoms with Crippen LogP contribution in [0.3, 0.4) is 0 Å². The Labute approximate surface area is 60.7 Å². The third-order valence-electron chi connectivity index (χ3n) is 1.03. The Morgan fingerprint density at radius 1 is 1.50 bits per heavy atom. The summed E-state index contributed by atoms with van der Waals surface area (Å²) in [4.78, 5) is 10.3. The molecule has 0 aromatic heterocycles. The van der Waals surface area contributed by atoms with Crippen LogP contribution in [0, 0.1) is 0 Å². The molecular weight excluding hydrogens is 154 g/mol. The molecule has 0 aromatic carbocycles. The van der Waals surface area contributed by atoms with Crippen molar-refractivity contribution in [3.05, 3.63) is 0 Å². The Balaban J connectivity index is 3.81. The number of carbonyl (C=O) groups excluding carboxylic acids is 1. The highest BCUT2D eigenvalue weighted by molar-refractivity contribution is 7.89. The average Bonchev–Trinajstić information content (AvgIpc) is 1.85. The minimum atomic E-state index is -3.19. The SMILES string of the molecule is CNS(=O)(=O)CCC(C)=O. The Kier molecular flexibility index (Phi) is 3.52. The molecule has 0 aromatic rings. The summed E-state index contributed by atoms with van der Waals surface area (Å²) in [6.07, 6.45) is 0.0865. The van der Waals surface area contributed by atoms with Crippen LogP contribution in [0.5, 0.6) is 0 Å². The van der Waals surface area contributed by atoms with Gasteiger partial charge < -0.3 is 0 Å². The normalized spacial score (nSPS) is 11.4. The van der Waals surface area contributed by atoms with E-state index in [9.17, 15) is 13.2 Å². The first-order chi connectivity index (χ1) is 4.48. The Morgan fingerprint density at radius 2 is 2.00 bits per heavy atom. The predicted octanol–water partition coefficient (Wildman–Crippen LogP) is -0.485. The van der Waals surface area contributed by atoms with Crippen LogP contribution >= 0.6 is 0 Å². The minimum absolute atomic E-state index is 0.0865. The van der Waals surface area contributed by atoms with Crippen LogP contribution in [0.2, 0.25) is 0 Å². The van der Waals surface area contributed by atoms with Crippen LogP contribution in [0.15, 0.2) is 0 Å². The molecule has 0 atom stereocenters. The Bertz CT molecular complexity index is 207. The fourth-order valence-electron chi connectivity index (χ4n) is 0.380. The topological polar surface area (TPSA) is 63.2 Å². The molecule has 0 aliphatic heterocycles. The van der Waals surface area contributed by atoms with Crippen molar-refractivity contribution in [3.63, 3.8) is 0 Å². The standard InChI is InChI=1S/C5H11NO3S/c1-5(7)3-4-10(8,9)6-2/h6H,3-4H2,1-2H3. The molecule has 0 unspecified atom stereocenters. The number of hydrogen-bond donors (Lipinski definition) is 1. The van der Waals surface area contributed by atoms with E-state index in [0.717, 1.165) is 0 Å². The first-order valence-electron chi connectivity index (χ1n) is 2.88. The Hall–Kier alpha value is -0.420. The highest BCUT2D eigenvalue weighted by atomic mass is 32.2. The van der Waals surface area contributed by atoms with Crippen molar-refractivity contribution in [2.24, 2.45) is 0 Å². The third kappa shape index (κ3) is 4.46. The molecule has 60 valence electrons. The van der Waals surface area contributed by atoms with Gasteiger partial charge in [-0.05, 0) is 14.0 Å². The van der Waals surface area contributed by atoms with Crippen molar-refractivity contribution >= 4 is 15.8 Å². The van der Waals surface area contributed by atoms with E-state index in [1.807, 2.05) is 0 Å². The second kappa shape index (κ2) is 3.68. The minimum Gasteiger partial charge on any atom is -0.300 e. The number of ketones is 1. The Morgan fingerprint density at radius 3 is 2.30 bits per heavy atom. The molecule has 0 spiro atoms. The zero-order valence-electron chi connectivity index (χ0n) is 6.05. The van der Waals surface area contributed by atoms with Gasteiger partial charge in [-0.2, -0.15) is 0 Å². The summed E-state index contributed by atoms with van der Waals surface area (Å²) >= 11 is 0. The highest BCUT2D eigenvalue weighted by Crippen LogP contribution is 1.88. The summed E-state index contributed by atoms with van der Waals surface area (Å²) in [7, 11) is -1.86. The van der Waals surface area contributed by atoms with Gasteiger partial charge in [0.15, 0.2) is 0 Å². The van der Waals surface area contributed by atoms with Crippen molar-refractivity contribution < 1.29 is 13.2 Å². The second-order valence-corrected chi connectivity index (χ2v) is 4.02. The molecule has 10 heavy (non-hydrogen) atoms. The number of Topliss-reactive ketones (excluding diaryl/α,β-unsaturated/α-hetero) is 1. The number of rotatable bonds is 4. The summed E-state index contributed by atoms with van der Waals surface area (Å²) in [6.45, 7) is 1.37. The first-order valence-corrected chi connectivity index (χ1v) is 4.54. The van der Waals surface area contributed by atoms with E-state index in [-0.39, 0.29) is 18.0 Å². The molecular formula is C5H11NO3S. The van der Waals surface area contributed by atoms with E-state index in [4.69, 9.17) is 0 Å². The predicted molar refractivity (Wildman–Crippen MR) is 38.1 cm³/mol. The van der Waals surface area contributed by atoms with Crippen molar-refractivity contribution in [2.75, 3.05) is 12.8 Å². The van der Waals surface area contributed by atoms with Crippen LogP contribution in [0.1, 0.15) is 13.3 Å². The number of nitrogens with one attached hydrogen (secondary N) is 1. The largest absolute Gasteiger partial charge is 0.300 e. The lowest BCUT2D eigenvalue weighted by atomic mass is 10.4. The van der Waals surface area contributed by atoms with Gasteiger partial charge >= 0.3 is 0 Å². The zero-order chi connectivity index (χ0) is 8.20. The van der Waals surface area contributed by atoms with Gasteiger partial charge in [-0.3, -0.25) is 4.79 Å². The third-order valence-corrected chi connectivity index (χ3v) is 2.40. The van der Waals surface area contributed by atoms with Gasteiger partial charge in [0.1, 0.15) is 5.78 Å². The average molecular weight is 165 g/mol. The quantitative estimate of drug-likeness (QED) is 0.611. The van der Waals surface area contributed by atoms with Crippen LogP contribution in [-0.4, -0.2) is 27.0 Å². The monoisotopic (exact) mass is 165 g/mol. The maximum atomic E-state index is 10.6. The first kappa shape index (κ1) is 9.58. The summed E-state index contributed by atoms with van der Waals surface area (Å²) in [5.41, 5.74) is 0. The van der Waals surface area contributed by atoms with Crippen molar-refractivity contribution in [1.29, 1.82) is 0 Å². The van der Waals surface area contributed by atoms with Crippen molar-refractivity contribution in [1.82, 2.24) is 4.72 Å². The highest BCUT2D eigenvalue weighted by Gasteiger charge is 2.06. The lowest BCUT2D eigenvalue weighted by Crippen LogP contribution is -2.23. The zero-order valence-corrected chi connectivity index (χ0v) is 6.86. The van der Waals surface area contributed by atoms with E-state index in [1.165, 1.54) is 14.0 Å². The maximum absolute atomic E-state index is 10.6. The molecule has 0 aliphatic carbocycles. The van der Waals surface area contributed by atoms with Crippen LogP contribution < -0.4 is 4.72 Å². The molecule has 0 heterocycles. The van der Waals surface area contributed by atoms with Crippen LogP contribution in [0.4, 0.5) is 0 Å². The lowest BCUT2D eigenvalue weighted by Gasteiger charge is -1.97. The number of hydrogen-bond acceptors (Lipinski definition) is 3. The van der Waals surface area contributed by atoms with Crippen molar-refractivity contribution in [3.8, 4) is 0 Å². The van der Waals surface area contributed by atoms with Gasteiger partial charge in [-0.1, -0.05) is 0 Å². The van der Waals surface area contributed by atoms with Gasteiger partial charge in [0.2, 0.25) is 10.0 Å². The molecule has 0 bridgehead atoms. The van der Waals surface area contributed by atoms with E-state index in [1.54, 1.807) is 0 Å². The fraction of sp³-hybridized carbons (Fsp3) is 0.800. The van der Waals surface area contributed by atoms with Crippen LogP contribution in [-0.2, 0) is 14.8 Å². The number of sulfonamides is 1. The number of carbonyl (C=O) groups is 1. The smallest absolute Gasteiger partial charge is 0.211 e. The molecule has 0 fully saturated rings. The summed E-state index contributed by atoms with van der Waals surface area (Å²) in [5, 5.41) is 0. The van der Waals surface area contributed by atoms with Gasteiger partial charge in [0, 0.05) is 6.42 Å². The molecule has 1 N–H and O–H groups in total. The fourth-order valence-corrected chi connectivity index (χ4v) is 1.14. The van der Waals surface area contributed by atoms with Gasteiger partial charge in [-0.15, -0.1) is 0 Å². The summed E-state index contributed by atoms with van der Waals surface area (Å²) < 4.78 is 23.4. The summed E-state index contributed by atoms with van der Waals surface area (Å²) in [6, 6.07) is 0. The summed E-state index contributed by atoms with van der Waals surface area (Å²) in [5.74, 6) is -0.224. The van der Waals surface area contributed by atoms with Crippen LogP contribution in [0.25, 0.3) is 0 Å². The molecule has 0 aliphatic rings. The van der Waals surface area contributed by atoms with Gasteiger partial charge in [0.25, 0.3) is 0 Å². The maximum Gasteiger partial charge on any atom is 0.211 e. The van der Waals surface area contributed by atoms with E-state index >= 15 is 0 Å². The van der Waals surface area contributed by atoms with E-state index in [2.05, 4.69) is 4.72 Å². The lowest BCUT2D eigenvalue weighted by molar-refractivity contribution is -0.116. The van der Waals surface area contributed by atoms with Gasteiger partial charge in [0.05, 0.1) is 5.75 Å². The van der Waals surface area contributed by atoms with Crippen molar-refractivity contribution in [2.45, 2.75) is 13.3 Å². The van der Waals surface area contributed by atoms with E-state index in [0.29, 0.717) is 0 Å². The molecule has 0 rings (SSSR count). The molecule has 4 nitrogen and oxygen atoms in total. The van der Waals surface area contributed by atoms with Gasteiger partial charge in [-0.25, -0.2) is 13.1 Å². The molecule has 0 radical (unpaired) electrons. The second-order valence-electron chi connectivity index (χ2n) is 1.98. The molecule has 0 amide bonds. The molecule has 5 heteroatoms. The molecule has 0 saturated carbocycles.